The molecule has 30 heavy (non-hydrogen) atoms. The highest BCUT2D eigenvalue weighted by atomic mass is 79.9. The number of nitrogens with one attached hydrogen (secondary N) is 1. The molecule has 0 aromatic heterocycles. The van der Waals surface area contributed by atoms with Crippen LogP contribution in [0.1, 0.15) is 25.0 Å². The minimum absolute atomic E-state index is 0.269. The third-order valence-electron chi connectivity index (χ3n) is 3.83. The van der Waals surface area contributed by atoms with Gasteiger partial charge in [-0.2, -0.15) is 4.99 Å². The first-order valence-electron chi connectivity index (χ1n) is 8.99. The monoisotopic (exact) mass is 508 g/mol. The van der Waals surface area contributed by atoms with Gasteiger partial charge in [0.2, 0.25) is 5.91 Å². The van der Waals surface area contributed by atoms with Crippen molar-refractivity contribution in [2.75, 3.05) is 6.61 Å². The standard InChI is InChI=1S/C21H18BrClN2O4S/c1-3-28-17-9-14(10-18-20(27)25-21(30-18)24-12(2)26)8-16(22)19(17)29-11-13-4-6-15(23)7-5-13/h4-10H,3,11H2,1-2H3,(H,24,25,26,27)/b18-10-. The van der Waals surface area contributed by atoms with Gasteiger partial charge in [-0.3, -0.25) is 9.59 Å². The van der Waals surface area contributed by atoms with Gasteiger partial charge in [-0.15, -0.1) is 0 Å². The van der Waals surface area contributed by atoms with E-state index in [2.05, 4.69) is 26.2 Å². The van der Waals surface area contributed by atoms with Crippen molar-refractivity contribution in [1.29, 1.82) is 0 Å². The topological polar surface area (TPSA) is 77.0 Å². The van der Waals surface area contributed by atoms with Gasteiger partial charge >= 0.3 is 0 Å². The van der Waals surface area contributed by atoms with E-state index in [-0.39, 0.29) is 11.1 Å². The Labute approximate surface area is 191 Å². The number of amides is 2. The first-order valence-corrected chi connectivity index (χ1v) is 11.0. The van der Waals surface area contributed by atoms with Crippen molar-refractivity contribution >= 4 is 62.4 Å². The van der Waals surface area contributed by atoms with Gasteiger partial charge in [0.15, 0.2) is 16.7 Å². The summed E-state index contributed by atoms with van der Waals surface area (Å²) < 4.78 is 12.4. The molecule has 0 fully saturated rings. The Bertz CT molecular complexity index is 1040. The van der Waals surface area contributed by atoms with E-state index in [0.717, 1.165) is 22.9 Å². The Kier molecular flexibility index (Phi) is 7.58. The SMILES string of the molecule is CCOc1cc(/C=C2\SC(NC(C)=O)=NC2=O)cc(Br)c1OCc1ccc(Cl)cc1. The molecule has 1 aliphatic rings. The van der Waals surface area contributed by atoms with E-state index < -0.39 is 5.91 Å². The number of rotatable bonds is 6. The van der Waals surface area contributed by atoms with Crippen LogP contribution < -0.4 is 14.8 Å². The lowest BCUT2D eigenvalue weighted by Gasteiger charge is -2.15. The van der Waals surface area contributed by atoms with Crippen molar-refractivity contribution in [2.45, 2.75) is 20.5 Å². The number of amidine groups is 1. The summed E-state index contributed by atoms with van der Waals surface area (Å²) in [5.74, 6) is 0.431. The average Bonchev–Trinajstić information content (AvgIpc) is 3.01. The molecular formula is C21H18BrClN2O4S. The largest absolute Gasteiger partial charge is 0.490 e. The highest BCUT2D eigenvalue weighted by Crippen LogP contribution is 2.39. The van der Waals surface area contributed by atoms with Crippen LogP contribution in [0.4, 0.5) is 0 Å². The molecule has 0 saturated carbocycles. The Morgan fingerprint density at radius 3 is 2.67 bits per heavy atom. The Balaban J connectivity index is 1.81. The van der Waals surface area contributed by atoms with Gasteiger partial charge in [-0.25, -0.2) is 0 Å². The predicted octanol–water partition coefficient (Wildman–Crippen LogP) is 5.19. The Morgan fingerprint density at radius 2 is 2.00 bits per heavy atom. The van der Waals surface area contributed by atoms with Crippen LogP contribution in [0.25, 0.3) is 6.08 Å². The van der Waals surface area contributed by atoms with Gasteiger partial charge in [-0.1, -0.05) is 23.7 Å². The quantitative estimate of drug-likeness (QED) is 0.543. The van der Waals surface area contributed by atoms with E-state index in [4.69, 9.17) is 21.1 Å². The van der Waals surface area contributed by atoms with Crippen LogP contribution in [0, 0.1) is 0 Å². The second-order valence-corrected chi connectivity index (χ2v) is 8.51. The van der Waals surface area contributed by atoms with E-state index in [9.17, 15) is 9.59 Å². The molecule has 0 spiro atoms. The smallest absolute Gasteiger partial charge is 0.286 e. The summed E-state index contributed by atoms with van der Waals surface area (Å²) in [6.07, 6.45) is 1.70. The fourth-order valence-electron chi connectivity index (χ4n) is 2.57. The summed E-state index contributed by atoms with van der Waals surface area (Å²) >= 11 is 10.6. The molecule has 0 saturated heterocycles. The van der Waals surface area contributed by atoms with E-state index in [1.165, 1.54) is 6.92 Å². The molecule has 0 aliphatic carbocycles. The molecule has 0 bridgehead atoms. The number of hydrogen-bond donors (Lipinski definition) is 1. The number of benzene rings is 2. The molecule has 2 aromatic carbocycles. The zero-order valence-corrected chi connectivity index (χ0v) is 19.4. The van der Waals surface area contributed by atoms with Crippen molar-refractivity contribution in [3.63, 3.8) is 0 Å². The van der Waals surface area contributed by atoms with Crippen molar-refractivity contribution in [2.24, 2.45) is 4.99 Å². The molecule has 3 rings (SSSR count). The number of hydrogen-bond acceptors (Lipinski definition) is 5. The predicted molar refractivity (Wildman–Crippen MR) is 123 cm³/mol. The minimum Gasteiger partial charge on any atom is -0.490 e. The lowest BCUT2D eigenvalue weighted by molar-refractivity contribution is -0.117. The van der Waals surface area contributed by atoms with Gasteiger partial charge < -0.3 is 14.8 Å². The molecule has 0 atom stereocenters. The van der Waals surface area contributed by atoms with E-state index in [1.807, 2.05) is 37.3 Å². The molecule has 156 valence electrons. The second-order valence-electron chi connectivity index (χ2n) is 6.19. The van der Waals surface area contributed by atoms with E-state index >= 15 is 0 Å². The van der Waals surface area contributed by atoms with Crippen molar-refractivity contribution in [1.82, 2.24) is 5.32 Å². The number of ether oxygens (including phenoxy) is 2. The van der Waals surface area contributed by atoms with Crippen molar-refractivity contribution in [3.8, 4) is 11.5 Å². The Hall–Kier alpha value is -2.29. The van der Waals surface area contributed by atoms with Crippen LogP contribution in [-0.2, 0) is 16.2 Å². The van der Waals surface area contributed by atoms with Gasteiger partial charge in [0.1, 0.15) is 6.61 Å². The third-order valence-corrected chi connectivity index (χ3v) is 5.57. The summed E-state index contributed by atoms with van der Waals surface area (Å²) in [6, 6.07) is 11.0. The molecule has 9 heteroatoms. The number of carbonyl (C=O) groups is 2. The van der Waals surface area contributed by atoms with Crippen LogP contribution in [0.3, 0.4) is 0 Å². The summed E-state index contributed by atoms with van der Waals surface area (Å²) in [5, 5.41) is 3.46. The van der Waals surface area contributed by atoms with Gasteiger partial charge in [-0.05, 0) is 76.1 Å². The first kappa shape index (κ1) is 22.4. The molecular weight excluding hydrogens is 492 g/mol. The highest BCUT2D eigenvalue weighted by molar-refractivity contribution is 9.10. The molecule has 0 unspecified atom stereocenters. The van der Waals surface area contributed by atoms with Crippen LogP contribution in [0.15, 0.2) is 50.8 Å². The molecule has 1 N–H and O–H groups in total. The fourth-order valence-corrected chi connectivity index (χ4v) is 4.13. The van der Waals surface area contributed by atoms with Crippen LogP contribution in [-0.4, -0.2) is 23.6 Å². The summed E-state index contributed by atoms with van der Waals surface area (Å²) in [4.78, 5) is 27.5. The van der Waals surface area contributed by atoms with E-state index in [1.54, 1.807) is 12.1 Å². The fraction of sp³-hybridized carbons (Fsp3) is 0.190. The third kappa shape index (κ3) is 5.87. The van der Waals surface area contributed by atoms with Gasteiger partial charge in [0.05, 0.1) is 16.0 Å². The van der Waals surface area contributed by atoms with Gasteiger partial charge in [0.25, 0.3) is 5.91 Å². The lowest BCUT2D eigenvalue weighted by Crippen LogP contribution is -2.23. The maximum absolute atomic E-state index is 12.1. The number of nitrogens with zero attached hydrogens (tertiary/aromatic N) is 1. The van der Waals surface area contributed by atoms with Crippen molar-refractivity contribution in [3.05, 3.63) is 61.9 Å². The summed E-state index contributed by atoms with van der Waals surface area (Å²) in [7, 11) is 0. The maximum Gasteiger partial charge on any atom is 0.286 e. The summed E-state index contributed by atoms with van der Waals surface area (Å²) in [5.41, 5.74) is 1.70. The Morgan fingerprint density at radius 1 is 1.27 bits per heavy atom. The number of carbonyl (C=O) groups excluding carboxylic acids is 2. The first-order chi connectivity index (χ1) is 14.4. The number of thioether (sulfide) groups is 1. The highest BCUT2D eigenvalue weighted by Gasteiger charge is 2.23. The zero-order valence-electron chi connectivity index (χ0n) is 16.2. The van der Waals surface area contributed by atoms with Gasteiger partial charge in [0, 0.05) is 11.9 Å². The van der Waals surface area contributed by atoms with Crippen LogP contribution in [0.5, 0.6) is 11.5 Å². The van der Waals surface area contributed by atoms with Crippen LogP contribution >= 0.6 is 39.3 Å². The number of aliphatic imine (C=N–C) groups is 1. The second kappa shape index (κ2) is 10.1. The zero-order chi connectivity index (χ0) is 21.7. The molecule has 1 heterocycles. The summed E-state index contributed by atoms with van der Waals surface area (Å²) in [6.45, 7) is 4.04. The van der Waals surface area contributed by atoms with Crippen molar-refractivity contribution < 1.29 is 19.1 Å². The minimum atomic E-state index is -0.402. The maximum atomic E-state index is 12.1. The molecule has 1 aliphatic heterocycles. The van der Waals surface area contributed by atoms with Crippen LogP contribution in [0.2, 0.25) is 5.02 Å². The average molecular weight is 510 g/mol. The molecule has 2 aromatic rings. The van der Waals surface area contributed by atoms with E-state index in [0.29, 0.717) is 39.1 Å². The molecule has 0 radical (unpaired) electrons. The molecule has 6 nitrogen and oxygen atoms in total. The lowest BCUT2D eigenvalue weighted by atomic mass is 10.2. The number of halogens is 2. The normalized spacial score (nSPS) is 14.6. The molecule has 2 amide bonds.